The van der Waals surface area contributed by atoms with Crippen LogP contribution in [0.15, 0.2) is 24.3 Å². The molecule has 1 rings (SSSR count). The van der Waals surface area contributed by atoms with Crippen molar-refractivity contribution < 1.29 is 8.42 Å². The van der Waals surface area contributed by atoms with Gasteiger partial charge in [-0.05, 0) is 13.1 Å². The first-order valence-electron chi connectivity index (χ1n) is 3.49. The van der Waals surface area contributed by atoms with E-state index in [1.54, 1.807) is 31.4 Å². The summed E-state index contributed by atoms with van der Waals surface area (Å²) < 4.78 is 21.3. The third-order valence-electron chi connectivity index (χ3n) is 1.47. The summed E-state index contributed by atoms with van der Waals surface area (Å²) in [5, 5.41) is 0. The second kappa shape index (κ2) is 4.20. The van der Waals surface area contributed by atoms with Crippen molar-refractivity contribution >= 4 is 15.2 Å². The van der Waals surface area contributed by atoms with E-state index < -0.39 is 10.3 Å². The van der Waals surface area contributed by atoms with Crippen molar-refractivity contribution in [3.8, 4) is 0 Å². The zero-order valence-corrected chi connectivity index (χ0v) is 7.43. The van der Waals surface area contributed by atoms with E-state index in [4.69, 9.17) is 0 Å². The van der Waals surface area contributed by atoms with Crippen LogP contribution in [-0.4, -0.2) is 26.4 Å². The van der Waals surface area contributed by atoms with E-state index in [0.717, 1.165) is 0 Å². The van der Waals surface area contributed by atoms with Crippen LogP contribution in [-0.2, 0) is 10.3 Å². The highest BCUT2D eigenvalue weighted by Crippen LogP contribution is 1.98. The summed E-state index contributed by atoms with van der Waals surface area (Å²) in [4.78, 5) is 0.340. The number of hydrogen-bond acceptors (Lipinski definition) is 4. The lowest BCUT2D eigenvalue weighted by Gasteiger charge is -2.13. The van der Waals surface area contributed by atoms with Gasteiger partial charge in [-0.3, -0.25) is 5.43 Å². The highest BCUT2D eigenvalue weighted by molar-refractivity contribution is 7.73. The van der Waals surface area contributed by atoms with Crippen molar-refractivity contribution in [2.75, 3.05) is 7.05 Å². The Morgan fingerprint density at radius 2 is 2.17 bits per heavy atom. The van der Waals surface area contributed by atoms with Gasteiger partial charge in [-0.1, -0.05) is 18.2 Å². The number of rotatable bonds is 2. The van der Waals surface area contributed by atoms with E-state index in [1.165, 1.54) is 0 Å². The van der Waals surface area contributed by atoms with Crippen LogP contribution in [0.25, 0.3) is 0 Å². The summed E-state index contributed by atoms with van der Waals surface area (Å²) in [5.74, 6) is 0. The molecule has 0 fully saturated rings. The number of hydrazine groups is 1. The summed E-state index contributed by atoms with van der Waals surface area (Å²) in [5.41, 5.74) is 5.49. The van der Waals surface area contributed by atoms with E-state index in [0.29, 0.717) is 4.86 Å². The fraction of sp³-hybridized carbons (Fsp3) is 0.286. The van der Waals surface area contributed by atoms with Gasteiger partial charge in [0.1, 0.15) is 0 Å². The average Bonchev–Trinajstić information content (AvgIpc) is 2.05. The number of allylic oxidation sites excluding steroid dienone is 2. The van der Waals surface area contributed by atoms with Gasteiger partial charge in [-0.2, -0.15) is 8.42 Å². The topological polar surface area (TPSA) is 58.2 Å². The first kappa shape index (κ1) is 9.18. The standard InChI is InChI=1S/C7H10N2O2S/c1-8-9-6-4-2-3-5-7(6)12(10)11/h2-6,8-9H,1H3. The predicted molar refractivity (Wildman–Crippen MR) is 48.2 cm³/mol. The maximum Gasteiger partial charge on any atom is 0.219 e. The van der Waals surface area contributed by atoms with Crippen LogP contribution in [0.3, 0.4) is 0 Å². The molecule has 2 N–H and O–H groups in total. The van der Waals surface area contributed by atoms with Crippen LogP contribution in [0.5, 0.6) is 0 Å². The Balaban J connectivity index is 2.94. The van der Waals surface area contributed by atoms with Crippen LogP contribution in [0.4, 0.5) is 0 Å². The Hall–Kier alpha value is -0.910. The van der Waals surface area contributed by atoms with Crippen molar-refractivity contribution in [3.05, 3.63) is 24.3 Å². The molecular formula is C7H10N2O2S. The van der Waals surface area contributed by atoms with Gasteiger partial charge >= 0.3 is 0 Å². The molecule has 0 saturated heterocycles. The average molecular weight is 186 g/mol. The second-order valence-corrected chi connectivity index (χ2v) is 3.19. The molecule has 0 saturated carbocycles. The van der Waals surface area contributed by atoms with Crippen LogP contribution in [0.1, 0.15) is 0 Å². The van der Waals surface area contributed by atoms with E-state index in [-0.39, 0.29) is 6.04 Å². The monoisotopic (exact) mass is 186 g/mol. The molecule has 1 atom stereocenters. The highest BCUT2D eigenvalue weighted by atomic mass is 32.2. The Labute approximate surface area is 72.5 Å². The van der Waals surface area contributed by atoms with Crippen molar-refractivity contribution in [3.63, 3.8) is 0 Å². The molecule has 0 radical (unpaired) electrons. The quantitative estimate of drug-likeness (QED) is 0.440. The van der Waals surface area contributed by atoms with Gasteiger partial charge in [0.25, 0.3) is 0 Å². The molecule has 0 amide bonds. The molecular weight excluding hydrogens is 176 g/mol. The fourth-order valence-corrected chi connectivity index (χ4v) is 1.49. The molecule has 0 spiro atoms. The first-order chi connectivity index (χ1) is 5.75. The second-order valence-electron chi connectivity index (χ2n) is 2.25. The van der Waals surface area contributed by atoms with Gasteiger partial charge < -0.3 is 0 Å². The Bertz CT molecular complexity index is 332. The summed E-state index contributed by atoms with van der Waals surface area (Å²) in [7, 11) is -0.465. The lowest BCUT2D eigenvalue weighted by molar-refractivity contribution is 0.599. The van der Waals surface area contributed by atoms with E-state index in [9.17, 15) is 8.42 Å². The van der Waals surface area contributed by atoms with Crippen molar-refractivity contribution in [1.29, 1.82) is 0 Å². The molecule has 0 aromatic rings. The Kier molecular flexibility index (Phi) is 3.21. The van der Waals surface area contributed by atoms with Crippen molar-refractivity contribution in [2.24, 2.45) is 0 Å². The maximum atomic E-state index is 10.6. The summed E-state index contributed by atoms with van der Waals surface area (Å²) in [6.45, 7) is 0. The smallest absolute Gasteiger partial charge is 0.219 e. The third-order valence-corrected chi connectivity index (χ3v) is 2.25. The third kappa shape index (κ3) is 2.04. The molecule has 0 bridgehead atoms. The molecule has 66 valence electrons. The lowest BCUT2D eigenvalue weighted by atomic mass is 10.1. The van der Waals surface area contributed by atoms with E-state index >= 15 is 0 Å². The minimum atomic E-state index is -2.16. The zero-order valence-electron chi connectivity index (χ0n) is 6.61. The highest BCUT2D eigenvalue weighted by Gasteiger charge is 2.12. The van der Waals surface area contributed by atoms with Crippen LogP contribution in [0.2, 0.25) is 0 Å². The molecule has 1 aliphatic rings. The molecule has 5 heteroatoms. The minimum Gasteiger partial charge on any atom is -0.260 e. The van der Waals surface area contributed by atoms with Gasteiger partial charge in [0, 0.05) is 0 Å². The van der Waals surface area contributed by atoms with Gasteiger partial charge in [0.05, 0.1) is 10.9 Å². The molecule has 4 nitrogen and oxygen atoms in total. The largest absolute Gasteiger partial charge is 0.260 e. The van der Waals surface area contributed by atoms with Crippen molar-refractivity contribution in [1.82, 2.24) is 10.9 Å². The Morgan fingerprint density at radius 1 is 1.42 bits per heavy atom. The molecule has 0 aromatic carbocycles. The molecule has 0 aliphatic heterocycles. The van der Waals surface area contributed by atoms with Gasteiger partial charge in [-0.25, -0.2) is 5.43 Å². The predicted octanol–water partition coefficient (Wildman–Crippen LogP) is -0.743. The molecule has 1 aliphatic carbocycles. The van der Waals surface area contributed by atoms with E-state index in [1.807, 2.05) is 0 Å². The van der Waals surface area contributed by atoms with Crippen LogP contribution < -0.4 is 10.9 Å². The first-order valence-corrected chi connectivity index (χ1v) is 4.56. The SMILES string of the molecule is CNNC1C=CC=CC1=S(=O)=O. The van der Waals surface area contributed by atoms with Gasteiger partial charge in [0.2, 0.25) is 10.3 Å². The zero-order chi connectivity index (χ0) is 8.97. The Morgan fingerprint density at radius 3 is 2.75 bits per heavy atom. The van der Waals surface area contributed by atoms with Crippen LogP contribution >= 0.6 is 0 Å². The van der Waals surface area contributed by atoms with Gasteiger partial charge in [0.15, 0.2) is 0 Å². The fourth-order valence-electron chi connectivity index (χ4n) is 0.958. The molecule has 0 heterocycles. The van der Waals surface area contributed by atoms with Crippen LogP contribution in [0, 0.1) is 0 Å². The molecule has 1 unspecified atom stereocenters. The van der Waals surface area contributed by atoms with E-state index in [2.05, 4.69) is 10.9 Å². The summed E-state index contributed by atoms with van der Waals surface area (Å²) >= 11 is 0. The summed E-state index contributed by atoms with van der Waals surface area (Å²) in [6, 6.07) is -0.265. The summed E-state index contributed by atoms with van der Waals surface area (Å²) in [6.07, 6.45) is 6.82. The maximum absolute atomic E-state index is 10.6. The molecule has 0 aromatic heterocycles. The van der Waals surface area contributed by atoms with Gasteiger partial charge in [-0.15, -0.1) is 0 Å². The normalized spacial score (nSPS) is 21.4. The molecule has 12 heavy (non-hydrogen) atoms. The number of hydrogen-bond donors (Lipinski definition) is 2. The minimum absolute atomic E-state index is 0.265. The number of nitrogens with one attached hydrogen (secondary N) is 2. The lowest BCUT2D eigenvalue weighted by Crippen LogP contribution is -2.42. The van der Waals surface area contributed by atoms with Crippen molar-refractivity contribution in [2.45, 2.75) is 6.04 Å².